The van der Waals surface area contributed by atoms with E-state index in [1.54, 1.807) is 18.3 Å². The molecule has 0 amide bonds. The van der Waals surface area contributed by atoms with Crippen molar-refractivity contribution in [2.75, 3.05) is 0 Å². The van der Waals surface area contributed by atoms with E-state index in [-0.39, 0.29) is 5.69 Å². The Morgan fingerprint density at radius 1 is 1.19 bits per heavy atom. The molecule has 27 heavy (non-hydrogen) atoms. The Balaban J connectivity index is 1.58. The first kappa shape index (κ1) is 18.3. The maximum absolute atomic E-state index is 11.0. The maximum atomic E-state index is 11.0. The van der Waals surface area contributed by atoms with Gasteiger partial charge >= 0.3 is 0 Å². The monoisotopic (exact) mass is 364 g/mol. The normalized spacial score (nSPS) is 10.5. The van der Waals surface area contributed by atoms with E-state index >= 15 is 0 Å². The largest absolute Gasteiger partial charge is 0.456 e. The topological polar surface area (TPSA) is 83.1 Å². The zero-order valence-corrected chi connectivity index (χ0v) is 14.8. The summed E-state index contributed by atoms with van der Waals surface area (Å²) in [6.07, 6.45) is 8.19. The average molecular weight is 364 g/mol. The molecule has 0 fully saturated rings. The van der Waals surface area contributed by atoms with Crippen LogP contribution in [0.2, 0.25) is 0 Å². The highest BCUT2D eigenvalue weighted by atomic mass is 16.6. The number of aryl methyl sites for hydroxylation is 2. The highest BCUT2D eigenvalue weighted by molar-refractivity contribution is 5.60. The molecule has 7 nitrogen and oxygen atoms in total. The van der Waals surface area contributed by atoms with Crippen LogP contribution in [-0.4, -0.2) is 19.9 Å². The zero-order chi connectivity index (χ0) is 19.1. The lowest BCUT2D eigenvalue weighted by Gasteiger charge is -2.09. The van der Waals surface area contributed by atoms with Crippen LogP contribution in [0.25, 0.3) is 6.08 Å². The van der Waals surface area contributed by atoms with E-state index in [9.17, 15) is 10.1 Å². The number of nitrogens with zero attached hydrogens (tertiary/aromatic N) is 4. The molecular formula is C20H20N4O3. The summed E-state index contributed by atoms with van der Waals surface area (Å²) < 4.78 is 7.65. The molecule has 0 bridgehead atoms. The quantitative estimate of drug-likeness (QED) is 0.314. The number of hydrogen-bond acceptors (Lipinski definition) is 5. The molecule has 1 heterocycles. The van der Waals surface area contributed by atoms with Crippen molar-refractivity contribution in [2.24, 2.45) is 0 Å². The molecule has 0 atom stereocenters. The first-order chi connectivity index (χ1) is 13.2. The number of aromatic nitrogens is 3. The van der Waals surface area contributed by atoms with Gasteiger partial charge in [-0.1, -0.05) is 30.0 Å². The number of nitro groups is 1. The van der Waals surface area contributed by atoms with Gasteiger partial charge in [0.05, 0.1) is 17.2 Å². The summed E-state index contributed by atoms with van der Waals surface area (Å²) in [5.41, 5.74) is 1.90. The van der Waals surface area contributed by atoms with E-state index in [1.807, 2.05) is 35.1 Å². The van der Waals surface area contributed by atoms with Gasteiger partial charge in [-0.25, -0.2) is 0 Å². The summed E-state index contributed by atoms with van der Waals surface area (Å²) in [6.45, 7) is 4.58. The van der Waals surface area contributed by atoms with Crippen molar-refractivity contribution in [3.63, 3.8) is 0 Å². The summed E-state index contributed by atoms with van der Waals surface area (Å²) in [5.74, 6) is 1.05. The Morgan fingerprint density at radius 3 is 2.67 bits per heavy atom. The zero-order valence-electron chi connectivity index (χ0n) is 14.8. The molecule has 0 N–H and O–H groups in total. The summed E-state index contributed by atoms with van der Waals surface area (Å²) in [6, 6.07) is 12.2. The van der Waals surface area contributed by atoms with Crippen molar-refractivity contribution in [1.29, 1.82) is 0 Å². The smallest absolute Gasteiger partial charge is 0.273 e. The maximum Gasteiger partial charge on any atom is 0.273 e. The molecule has 0 radical (unpaired) electrons. The van der Waals surface area contributed by atoms with Crippen molar-refractivity contribution in [3.8, 4) is 11.5 Å². The summed E-state index contributed by atoms with van der Waals surface area (Å²) in [4.78, 5) is 10.5. The number of hydrogen-bond donors (Lipinski definition) is 0. The Labute approximate surface area is 157 Å². The lowest BCUT2D eigenvalue weighted by atomic mass is 10.1. The van der Waals surface area contributed by atoms with Crippen LogP contribution in [0.5, 0.6) is 11.5 Å². The van der Waals surface area contributed by atoms with Gasteiger partial charge in [-0.3, -0.25) is 14.8 Å². The van der Waals surface area contributed by atoms with Gasteiger partial charge in [-0.05, 0) is 43.0 Å². The van der Waals surface area contributed by atoms with Crippen LogP contribution in [0, 0.1) is 10.1 Å². The molecule has 0 unspecified atom stereocenters. The van der Waals surface area contributed by atoms with Crippen LogP contribution >= 0.6 is 0 Å². The highest BCUT2D eigenvalue weighted by Crippen LogP contribution is 2.30. The number of ether oxygens (including phenoxy) is 1. The number of rotatable bonds is 9. The molecule has 2 aromatic carbocycles. The summed E-state index contributed by atoms with van der Waals surface area (Å²) >= 11 is 0. The standard InChI is InChI=1S/C20H20N4O3/c1-2-17-8-9-18(24(25)26)15-20(17)27-19-10-6-16(7-11-19)5-3-4-13-23-14-12-21-22-23/h2,6-12,14-15H,1,3-5,13H2. The minimum Gasteiger partial charge on any atom is -0.456 e. The number of nitro benzene ring substituents is 1. The molecule has 7 heteroatoms. The van der Waals surface area contributed by atoms with Crippen molar-refractivity contribution in [1.82, 2.24) is 15.0 Å². The molecule has 0 aliphatic rings. The van der Waals surface area contributed by atoms with E-state index in [0.717, 1.165) is 25.8 Å². The summed E-state index contributed by atoms with van der Waals surface area (Å²) in [5, 5.41) is 18.7. The van der Waals surface area contributed by atoms with E-state index in [1.165, 1.54) is 17.7 Å². The second-order valence-electron chi connectivity index (χ2n) is 6.05. The van der Waals surface area contributed by atoms with E-state index in [0.29, 0.717) is 17.1 Å². The van der Waals surface area contributed by atoms with Crippen molar-refractivity contribution < 1.29 is 9.66 Å². The third-order valence-electron chi connectivity index (χ3n) is 4.15. The number of benzene rings is 2. The summed E-state index contributed by atoms with van der Waals surface area (Å²) in [7, 11) is 0. The fraction of sp³-hybridized carbons (Fsp3) is 0.200. The fourth-order valence-electron chi connectivity index (χ4n) is 2.70. The van der Waals surface area contributed by atoms with Crippen LogP contribution in [0.15, 0.2) is 61.4 Å². The Bertz CT molecular complexity index is 905. The third kappa shape index (κ3) is 5.01. The van der Waals surface area contributed by atoms with Crippen LogP contribution in [-0.2, 0) is 13.0 Å². The van der Waals surface area contributed by atoms with Gasteiger partial charge < -0.3 is 4.74 Å². The van der Waals surface area contributed by atoms with Gasteiger partial charge in [-0.15, -0.1) is 5.10 Å². The van der Waals surface area contributed by atoms with Gasteiger partial charge in [-0.2, -0.15) is 0 Å². The van der Waals surface area contributed by atoms with Crippen molar-refractivity contribution >= 4 is 11.8 Å². The molecule has 0 saturated heterocycles. The molecule has 0 saturated carbocycles. The molecule has 0 spiro atoms. The molecule has 138 valence electrons. The third-order valence-corrected chi connectivity index (χ3v) is 4.15. The fourth-order valence-corrected chi connectivity index (χ4v) is 2.70. The molecule has 0 aliphatic heterocycles. The molecule has 1 aromatic heterocycles. The predicted molar refractivity (Wildman–Crippen MR) is 103 cm³/mol. The number of non-ortho nitro benzene ring substituents is 1. The van der Waals surface area contributed by atoms with E-state index in [2.05, 4.69) is 16.9 Å². The minimum absolute atomic E-state index is 0.0143. The van der Waals surface area contributed by atoms with Crippen LogP contribution < -0.4 is 4.74 Å². The molecule has 0 aliphatic carbocycles. The van der Waals surface area contributed by atoms with Gasteiger partial charge in [0.1, 0.15) is 11.5 Å². The first-order valence-electron chi connectivity index (χ1n) is 8.67. The Morgan fingerprint density at radius 2 is 2.00 bits per heavy atom. The van der Waals surface area contributed by atoms with Crippen molar-refractivity contribution in [2.45, 2.75) is 25.8 Å². The van der Waals surface area contributed by atoms with E-state index < -0.39 is 4.92 Å². The average Bonchev–Trinajstić information content (AvgIpc) is 3.20. The first-order valence-corrected chi connectivity index (χ1v) is 8.67. The lowest BCUT2D eigenvalue weighted by molar-refractivity contribution is -0.384. The van der Waals surface area contributed by atoms with Crippen molar-refractivity contribution in [3.05, 3.63) is 82.7 Å². The predicted octanol–water partition coefficient (Wildman–Crippen LogP) is 4.64. The van der Waals surface area contributed by atoms with E-state index in [4.69, 9.17) is 4.74 Å². The van der Waals surface area contributed by atoms with Crippen LogP contribution in [0.4, 0.5) is 5.69 Å². The number of unbranched alkanes of at least 4 members (excludes halogenated alkanes) is 1. The van der Waals surface area contributed by atoms with Crippen LogP contribution in [0.1, 0.15) is 24.0 Å². The minimum atomic E-state index is -0.442. The highest BCUT2D eigenvalue weighted by Gasteiger charge is 2.11. The molecular weight excluding hydrogens is 344 g/mol. The molecule has 3 rings (SSSR count). The second kappa shape index (κ2) is 8.75. The SMILES string of the molecule is C=Cc1ccc([N+](=O)[O-])cc1Oc1ccc(CCCCn2ccnn2)cc1. The van der Waals surface area contributed by atoms with Gasteiger partial charge in [0.2, 0.25) is 0 Å². The Kier molecular flexibility index (Phi) is 5.94. The van der Waals surface area contributed by atoms with Crippen LogP contribution in [0.3, 0.4) is 0 Å². The van der Waals surface area contributed by atoms with Gasteiger partial charge in [0.25, 0.3) is 5.69 Å². The Hall–Kier alpha value is -3.48. The van der Waals surface area contributed by atoms with Gasteiger partial charge in [0.15, 0.2) is 0 Å². The van der Waals surface area contributed by atoms with Gasteiger partial charge in [0, 0.05) is 24.4 Å². The second-order valence-corrected chi connectivity index (χ2v) is 6.05. The molecule has 3 aromatic rings. The lowest BCUT2D eigenvalue weighted by Crippen LogP contribution is -1.99.